The molecule has 2 amide bonds. The summed E-state index contributed by atoms with van der Waals surface area (Å²) in [5, 5.41) is 6.85. The Labute approximate surface area is 166 Å². The van der Waals surface area contributed by atoms with Crippen LogP contribution in [0.4, 0.5) is 0 Å². The fourth-order valence-electron chi connectivity index (χ4n) is 2.90. The van der Waals surface area contributed by atoms with Crippen LogP contribution in [0.5, 0.6) is 0 Å². The topological polar surface area (TPSA) is 64.7 Å². The van der Waals surface area contributed by atoms with Gasteiger partial charge in [-0.25, -0.2) is 0 Å². The number of carbonyl (C=O) groups excluding carboxylic acids is 2. The molecule has 1 heterocycles. The van der Waals surface area contributed by atoms with Crippen LogP contribution in [-0.4, -0.2) is 67.9 Å². The highest BCUT2D eigenvalue weighted by Crippen LogP contribution is 2.24. The predicted molar refractivity (Wildman–Crippen MR) is 107 cm³/mol. The molecular weight excluding hydrogens is 375 g/mol. The number of halogens is 2. The van der Waals surface area contributed by atoms with E-state index in [2.05, 4.69) is 15.5 Å². The highest BCUT2D eigenvalue weighted by molar-refractivity contribution is 6.30. The van der Waals surface area contributed by atoms with E-state index in [-0.39, 0.29) is 43.4 Å². The van der Waals surface area contributed by atoms with Crippen molar-refractivity contribution in [2.24, 2.45) is 0 Å². The summed E-state index contributed by atoms with van der Waals surface area (Å²) in [4.78, 5) is 27.9. The fourth-order valence-corrected chi connectivity index (χ4v) is 3.10. The monoisotopic (exact) mass is 402 g/mol. The van der Waals surface area contributed by atoms with Gasteiger partial charge in [-0.1, -0.05) is 30.7 Å². The van der Waals surface area contributed by atoms with Gasteiger partial charge < -0.3 is 15.5 Å². The van der Waals surface area contributed by atoms with Crippen LogP contribution in [0.3, 0.4) is 0 Å². The molecule has 1 fully saturated rings. The first-order valence-corrected chi connectivity index (χ1v) is 9.10. The second-order valence-corrected chi connectivity index (χ2v) is 6.78. The Kier molecular flexibility index (Phi) is 9.94. The number of amides is 2. The van der Waals surface area contributed by atoms with Crippen molar-refractivity contribution in [1.82, 2.24) is 20.4 Å². The second-order valence-electron chi connectivity index (χ2n) is 6.35. The summed E-state index contributed by atoms with van der Waals surface area (Å²) in [5.74, 6) is -0.176. The van der Waals surface area contributed by atoms with Gasteiger partial charge in [0.1, 0.15) is 0 Å². The third kappa shape index (κ3) is 6.76. The van der Waals surface area contributed by atoms with E-state index in [9.17, 15) is 9.59 Å². The average molecular weight is 403 g/mol. The van der Waals surface area contributed by atoms with E-state index in [0.29, 0.717) is 11.6 Å². The molecule has 0 saturated carbocycles. The van der Waals surface area contributed by atoms with E-state index in [0.717, 1.165) is 31.6 Å². The fraction of sp³-hybridized carbons (Fsp3) is 0.556. The molecule has 1 aliphatic heterocycles. The first kappa shape index (κ1) is 22.7. The Morgan fingerprint density at radius 2 is 2.19 bits per heavy atom. The van der Waals surface area contributed by atoms with E-state index >= 15 is 0 Å². The van der Waals surface area contributed by atoms with E-state index in [1.165, 1.54) is 4.90 Å². The first-order chi connectivity index (χ1) is 12.0. The molecule has 0 radical (unpaired) electrons. The minimum Gasteiger partial charge on any atom is -0.355 e. The lowest BCUT2D eigenvalue weighted by molar-refractivity contribution is -0.136. The van der Waals surface area contributed by atoms with Gasteiger partial charge in [-0.05, 0) is 24.1 Å². The van der Waals surface area contributed by atoms with E-state index in [4.69, 9.17) is 11.6 Å². The maximum Gasteiger partial charge on any atom is 0.239 e. The molecule has 0 spiro atoms. The predicted octanol–water partition coefficient (Wildman–Crippen LogP) is 1.69. The Hall–Kier alpha value is -1.34. The van der Waals surface area contributed by atoms with Gasteiger partial charge in [0, 0.05) is 44.3 Å². The van der Waals surface area contributed by atoms with E-state index in [1.54, 1.807) is 7.05 Å². The summed E-state index contributed by atoms with van der Waals surface area (Å²) in [6.07, 6.45) is 0.880. The van der Waals surface area contributed by atoms with Crippen LogP contribution in [0, 0.1) is 0 Å². The zero-order chi connectivity index (χ0) is 18.2. The van der Waals surface area contributed by atoms with Gasteiger partial charge >= 0.3 is 0 Å². The van der Waals surface area contributed by atoms with Crippen molar-refractivity contribution in [1.29, 1.82) is 0 Å². The Morgan fingerprint density at radius 1 is 1.42 bits per heavy atom. The van der Waals surface area contributed by atoms with Crippen molar-refractivity contribution < 1.29 is 9.59 Å². The van der Waals surface area contributed by atoms with Crippen LogP contribution < -0.4 is 10.6 Å². The maximum absolute atomic E-state index is 12.5. The van der Waals surface area contributed by atoms with Gasteiger partial charge in [0.2, 0.25) is 11.8 Å². The summed E-state index contributed by atoms with van der Waals surface area (Å²) in [6.45, 7) is 5.40. The highest BCUT2D eigenvalue weighted by Gasteiger charge is 2.27. The quantitative estimate of drug-likeness (QED) is 0.728. The summed E-state index contributed by atoms with van der Waals surface area (Å²) < 4.78 is 0. The van der Waals surface area contributed by atoms with Crippen LogP contribution in [0.2, 0.25) is 5.02 Å². The molecule has 0 aliphatic carbocycles. The van der Waals surface area contributed by atoms with Crippen LogP contribution in [-0.2, 0) is 9.59 Å². The molecule has 1 aromatic rings. The van der Waals surface area contributed by atoms with Gasteiger partial charge in [-0.2, -0.15) is 0 Å². The molecule has 2 N–H and O–H groups in total. The number of likely N-dealkylation sites (N-methyl/N-ethyl adjacent to an activating group) is 1. The van der Waals surface area contributed by atoms with Crippen molar-refractivity contribution in [2.75, 3.05) is 46.3 Å². The number of carbonyl (C=O) groups is 2. The molecule has 1 aliphatic rings. The standard InChI is InChI=1S/C18H27ClN4O2.ClH/c1-3-7-21-17(24)12-22(2)18(25)13-23-9-8-20-11-16(23)14-5-4-6-15(19)10-14;/h4-6,10,16,20H,3,7-9,11-13H2,1-2H3,(H,21,24);1H. The lowest BCUT2D eigenvalue weighted by atomic mass is 10.0. The molecule has 1 saturated heterocycles. The molecule has 6 nitrogen and oxygen atoms in total. The molecule has 1 aromatic carbocycles. The van der Waals surface area contributed by atoms with Gasteiger partial charge in [-0.15, -0.1) is 12.4 Å². The number of nitrogens with zero attached hydrogens (tertiary/aromatic N) is 2. The van der Waals surface area contributed by atoms with Gasteiger partial charge in [0.25, 0.3) is 0 Å². The zero-order valence-electron chi connectivity index (χ0n) is 15.3. The number of nitrogens with one attached hydrogen (secondary N) is 2. The van der Waals surface area contributed by atoms with Crippen molar-refractivity contribution in [2.45, 2.75) is 19.4 Å². The van der Waals surface area contributed by atoms with Crippen molar-refractivity contribution in [3.63, 3.8) is 0 Å². The van der Waals surface area contributed by atoms with Crippen molar-refractivity contribution in [3.8, 4) is 0 Å². The summed E-state index contributed by atoms with van der Waals surface area (Å²) in [5.41, 5.74) is 1.09. The maximum atomic E-state index is 12.5. The summed E-state index contributed by atoms with van der Waals surface area (Å²) in [6, 6.07) is 7.84. The normalized spacial score (nSPS) is 17.3. The number of rotatable bonds is 7. The molecule has 26 heavy (non-hydrogen) atoms. The smallest absolute Gasteiger partial charge is 0.239 e. The molecule has 1 atom stereocenters. The van der Waals surface area contributed by atoms with E-state index < -0.39 is 0 Å². The molecule has 146 valence electrons. The highest BCUT2D eigenvalue weighted by atomic mass is 35.5. The average Bonchev–Trinajstić information content (AvgIpc) is 2.60. The van der Waals surface area contributed by atoms with Crippen molar-refractivity contribution in [3.05, 3.63) is 34.9 Å². The summed E-state index contributed by atoms with van der Waals surface area (Å²) >= 11 is 6.11. The molecule has 0 bridgehead atoms. The third-order valence-corrected chi connectivity index (χ3v) is 4.54. The van der Waals surface area contributed by atoms with Gasteiger partial charge in [0.15, 0.2) is 0 Å². The largest absolute Gasteiger partial charge is 0.355 e. The van der Waals surface area contributed by atoms with Gasteiger partial charge in [-0.3, -0.25) is 14.5 Å². The Bertz CT molecular complexity index is 600. The number of hydrogen-bond acceptors (Lipinski definition) is 4. The first-order valence-electron chi connectivity index (χ1n) is 8.72. The van der Waals surface area contributed by atoms with Crippen molar-refractivity contribution >= 4 is 35.8 Å². The van der Waals surface area contributed by atoms with Crippen LogP contribution >= 0.6 is 24.0 Å². The molecule has 0 aromatic heterocycles. The van der Waals surface area contributed by atoms with Crippen LogP contribution in [0.1, 0.15) is 24.9 Å². The Balaban J connectivity index is 0.00000338. The third-order valence-electron chi connectivity index (χ3n) is 4.30. The molecule has 1 unspecified atom stereocenters. The minimum atomic E-state index is -0.121. The number of piperazine rings is 1. The molecular formula is C18H28Cl2N4O2. The van der Waals surface area contributed by atoms with Crippen LogP contribution in [0.15, 0.2) is 24.3 Å². The summed E-state index contributed by atoms with van der Waals surface area (Å²) in [7, 11) is 1.67. The number of hydrogen-bond donors (Lipinski definition) is 2. The minimum absolute atomic E-state index is 0. The Morgan fingerprint density at radius 3 is 2.88 bits per heavy atom. The SMILES string of the molecule is CCCNC(=O)CN(C)C(=O)CN1CCNCC1c1cccc(Cl)c1.Cl. The molecule has 8 heteroatoms. The zero-order valence-corrected chi connectivity index (χ0v) is 16.9. The lowest BCUT2D eigenvalue weighted by Crippen LogP contribution is -2.50. The second kappa shape index (κ2) is 11.4. The van der Waals surface area contributed by atoms with E-state index in [1.807, 2.05) is 31.2 Å². The van der Waals surface area contributed by atoms with Gasteiger partial charge in [0.05, 0.1) is 13.1 Å². The van der Waals surface area contributed by atoms with Crippen LogP contribution in [0.25, 0.3) is 0 Å². The lowest BCUT2D eigenvalue weighted by Gasteiger charge is -2.36. The number of benzene rings is 1. The molecule has 2 rings (SSSR count).